The van der Waals surface area contributed by atoms with E-state index in [0.717, 1.165) is 31.4 Å². The summed E-state index contributed by atoms with van der Waals surface area (Å²) in [7, 11) is 0. The number of nitrogens with two attached hydrogens (primary N) is 1. The molecule has 5 nitrogen and oxygen atoms in total. The van der Waals surface area contributed by atoms with Gasteiger partial charge in [-0.1, -0.05) is 36.9 Å². The minimum atomic E-state index is -0.293. The minimum absolute atomic E-state index is 0.135. The number of anilines is 1. The molecule has 1 heterocycles. The topological polar surface area (TPSA) is 68.3 Å². The van der Waals surface area contributed by atoms with Crippen LogP contribution in [0.25, 0.3) is 5.70 Å². The maximum Gasteiger partial charge on any atom is 0.270 e. The summed E-state index contributed by atoms with van der Waals surface area (Å²) in [4.78, 5) is 0. The molecule has 144 valence electrons. The van der Waals surface area contributed by atoms with Gasteiger partial charge >= 0.3 is 0 Å². The third kappa shape index (κ3) is 5.07. The van der Waals surface area contributed by atoms with Crippen molar-refractivity contribution in [2.24, 2.45) is 5.84 Å². The Bertz CT molecular complexity index is 849. The van der Waals surface area contributed by atoms with Gasteiger partial charge < -0.3 is 5.43 Å². The molecule has 1 fully saturated rings. The van der Waals surface area contributed by atoms with Gasteiger partial charge in [0, 0.05) is 53.7 Å². The van der Waals surface area contributed by atoms with E-state index in [1.807, 2.05) is 36.4 Å². The number of rotatable bonds is 7. The Balaban J connectivity index is 1.77. The quantitative estimate of drug-likeness (QED) is 0.323. The van der Waals surface area contributed by atoms with E-state index in [9.17, 15) is 4.39 Å². The average molecular weight is 395 g/mol. The van der Waals surface area contributed by atoms with Crippen LogP contribution in [-0.2, 0) is 6.54 Å². The highest BCUT2D eigenvalue weighted by Crippen LogP contribution is 2.30. The molecule has 8 heteroatoms. The molecular weight excluding hydrogens is 372 g/mol. The summed E-state index contributed by atoms with van der Waals surface area (Å²) >= 11 is 1.59. The van der Waals surface area contributed by atoms with Crippen LogP contribution in [0.5, 0.6) is 0 Å². The maximum absolute atomic E-state index is 14.7. The number of hydrogen-bond acceptors (Lipinski definition) is 6. The third-order valence-corrected chi connectivity index (χ3v) is 5.92. The number of nitriles is 1. The number of nitrogens with zero attached hydrogens (tertiary/aromatic N) is 3. The van der Waals surface area contributed by atoms with Crippen LogP contribution in [0.4, 0.5) is 10.1 Å². The van der Waals surface area contributed by atoms with E-state index in [1.54, 1.807) is 18.2 Å². The summed E-state index contributed by atoms with van der Waals surface area (Å²) in [5, 5.41) is 9.10. The molecule has 0 amide bonds. The second kappa shape index (κ2) is 9.65. The maximum atomic E-state index is 14.7. The van der Waals surface area contributed by atoms with E-state index in [1.165, 1.54) is 6.07 Å². The van der Waals surface area contributed by atoms with Crippen molar-refractivity contribution in [3.05, 3.63) is 72.1 Å². The molecular formula is C20H23BFN5S. The Morgan fingerprint density at radius 1 is 1.29 bits per heavy atom. The van der Waals surface area contributed by atoms with Gasteiger partial charge in [-0.05, 0) is 30.8 Å². The molecule has 1 saturated heterocycles. The van der Waals surface area contributed by atoms with Crippen LogP contribution in [-0.4, -0.2) is 24.1 Å². The molecule has 3 N–H and O–H groups in total. The molecule has 2 aromatic carbocycles. The zero-order valence-corrected chi connectivity index (χ0v) is 16.5. The smallest absolute Gasteiger partial charge is 0.270 e. The molecule has 0 radical (unpaired) electrons. The zero-order valence-electron chi connectivity index (χ0n) is 15.6. The van der Waals surface area contributed by atoms with Crippen LogP contribution in [0.1, 0.15) is 11.1 Å². The Kier molecular flexibility index (Phi) is 6.98. The molecule has 0 atom stereocenters. The van der Waals surface area contributed by atoms with Gasteiger partial charge in [-0.3, -0.25) is 10.1 Å². The first kappa shape index (κ1) is 20.3. The molecule has 28 heavy (non-hydrogen) atoms. The number of para-hydroxylation sites is 1. The van der Waals surface area contributed by atoms with Crippen molar-refractivity contribution in [2.75, 3.05) is 17.4 Å². The predicted octanol–water partition coefficient (Wildman–Crippen LogP) is 3.70. The highest BCUT2D eigenvalue weighted by Gasteiger charge is 2.25. The summed E-state index contributed by atoms with van der Waals surface area (Å²) in [5.41, 5.74) is 5.15. The van der Waals surface area contributed by atoms with E-state index in [-0.39, 0.29) is 12.5 Å². The fraction of sp³-hybridized carbons (Fsp3) is 0.250. The monoisotopic (exact) mass is 395 g/mol. The van der Waals surface area contributed by atoms with Crippen LogP contribution in [0.15, 0.2) is 55.1 Å². The molecule has 0 aromatic heterocycles. The zero-order chi connectivity index (χ0) is 19.9. The second-order valence-corrected chi connectivity index (χ2v) is 7.84. The lowest BCUT2D eigenvalue weighted by Crippen LogP contribution is -2.35. The van der Waals surface area contributed by atoms with Crippen molar-refractivity contribution in [3.63, 3.8) is 0 Å². The normalized spacial score (nSPS) is 14.4. The minimum Gasteiger partial charge on any atom is -0.324 e. The highest BCUT2D eigenvalue weighted by atomic mass is 32.2. The van der Waals surface area contributed by atoms with Crippen molar-refractivity contribution in [1.82, 2.24) is 9.73 Å². The van der Waals surface area contributed by atoms with Gasteiger partial charge in [0.1, 0.15) is 5.82 Å². The van der Waals surface area contributed by atoms with E-state index in [2.05, 4.69) is 26.6 Å². The van der Waals surface area contributed by atoms with Gasteiger partial charge in [0.25, 0.3) is 6.71 Å². The third-order valence-electron chi connectivity index (χ3n) is 4.78. The average Bonchev–Trinajstić information content (AvgIpc) is 2.75. The van der Waals surface area contributed by atoms with Crippen molar-refractivity contribution >= 4 is 30.2 Å². The summed E-state index contributed by atoms with van der Waals surface area (Å²) in [6.45, 7) is 6.01. The number of hydrazine groups is 1. The van der Waals surface area contributed by atoms with Crippen molar-refractivity contribution in [2.45, 2.75) is 19.2 Å². The lowest BCUT2D eigenvalue weighted by molar-refractivity contribution is 0.501. The molecule has 0 spiro atoms. The molecule has 3 rings (SSSR count). The van der Waals surface area contributed by atoms with Crippen molar-refractivity contribution in [1.29, 1.82) is 5.26 Å². The van der Waals surface area contributed by atoms with E-state index in [0.29, 0.717) is 23.4 Å². The van der Waals surface area contributed by atoms with Gasteiger partial charge in [0.2, 0.25) is 0 Å². The van der Waals surface area contributed by atoms with Crippen LogP contribution < -0.4 is 15.6 Å². The first-order valence-corrected chi connectivity index (χ1v) is 9.93. The molecule has 1 aliphatic heterocycles. The SMILES string of the molecule is C=C(NN)c1ccc(CN(SN2CCB(C#N)CC2)c2ccccc2)c(F)c1. The summed E-state index contributed by atoms with van der Waals surface area (Å²) < 4.78 is 19.0. The van der Waals surface area contributed by atoms with E-state index in [4.69, 9.17) is 11.1 Å². The predicted molar refractivity (Wildman–Crippen MR) is 116 cm³/mol. The van der Waals surface area contributed by atoms with Gasteiger partial charge in [-0.2, -0.15) is 0 Å². The number of nitrogens with one attached hydrogen (secondary N) is 1. The van der Waals surface area contributed by atoms with Gasteiger partial charge in [-0.25, -0.2) is 14.0 Å². The van der Waals surface area contributed by atoms with Gasteiger partial charge in [0.05, 0.1) is 6.54 Å². The number of hydrogen-bond donors (Lipinski definition) is 2. The Morgan fingerprint density at radius 3 is 2.61 bits per heavy atom. The molecule has 0 saturated carbocycles. The molecule has 2 aromatic rings. The van der Waals surface area contributed by atoms with Crippen LogP contribution in [0, 0.1) is 17.0 Å². The highest BCUT2D eigenvalue weighted by molar-refractivity contribution is 7.98. The van der Waals surface area contributed by atoms with Crippen LogP contribution in [0.2, 0.25) is 12.6 Å². The second-order valence-electron chi connectivity index (χ2n) is 6.72. The first-order valence-electron chi connectivity index (χ1n) is 9.20. The largest absolute Gasteiger partial charge is 0.324 e. The Morgan fingerprint density at radius 2 is 2.00 bits per heavy atom. The van der Waals surface area contributed by atoms with Gasteiger partial charge in [-0.15, -0.1) is 0 Å². The number of halogens is 1. The van der Waals surface area contributed by atoms with Crippen molar-refractivity contribution < 1.29 is 4.39 Å². The van der Waals surface area contributed by atoms with E-state index >= 15 is 0 Å². The van der Waals surface area contributed by atoms with Crippen LogP contribution >= 0.6 is 12.1 Å². The lowest BCUT2D eigenvalue weighted by atomic mass is 9.45. The summed E-state index contributed by atoms with van der Waals surface area (Å²) in [6.07, 6.45) is 1.73. The number of benzene rings is 2. The molecule has 0 unspecified atom stereocenters. The van der Waals surface area contributed by atoms with Crippen LogP contribution in [0.3, 0.4) is 0 Å². The van der Waals surface area contributed by atoms with Crippen molar-refractivity contribution in [3.8, 4) is 5.97 Å². The van der Waals surface area contributed by atoms with E-state index < -0.39 is 0 Å². The Labute approximate surface area is 170 Å². The fourth-order valence-electron chi connectivity index (χ4n) is 3.07. The molecule has 0 aliphatic carbocycles. The summed E-state index contributed by atoms with van der Waals surface area (Å²) in [6, 6.07) is 15.0. The molecule has 1 aliphatic rings. The summed E-state index contributed by atoms with van der Waals surface area (Å²) in [5.74, 6) is 7.43. The van der Waals surface area contributed by atoms with Gasteiger partial charge in [0.15, 0.2) is 0 Å². The Hall–Kier alpha value is -2.47. The molecule has 0 bridgehead atoms. The lowest BCUT2D eigenvalue weighted by Gasteiger charge is -2.33. The standard InChI is InChI=1S/C20H23BFN5S/c1-16(25-24)17-7-8-18(20(22)13-17)14-27(19-5-3-2-4-6-19)28-26-11-9-21(15-23)10-12-26/h2-8,13,25H,1,9-12,14,24H2. The fourth-order valence-corrected chi connectivity index (χ4v) is 4.13. The first-order chi connectivity index (χ1) is 13.6.